The molecule has 2 heteroatoms. The Morgan fingerprint density at radius 2 is 1.76 bits per heavy atom. The molecule has 2 nitrogen and oxygen atoms in total. The second kappa shape index (κ2) is 11.4. The van der Waals surface area contributed by atoms with Crippen molar-refractivity contribution in [2.24, 2.45) is 5.92 Å². The molecule has 0 aliphatic heterocycles. The number of benzene rings is 1. The van der Waals surface area contributed by atoms with E-state index in [0.29, 0.717) is 0 Å². The van der Waals surface area contributed by atoms with E-state index in [1.54, 1.807) is 0 Å². The van der Waals surface area contributed by atoms with Gasteiger partial charge in [0.15, 0.2) is 0 Å². The van der Waals surface area contributed by atoms with Gasteiger partial charge in [0.05, 0.1) is 0 Å². The van der Waals surface area contributed by atoms with Crippen LogP contribution in [0.15, 0.2) is 30.3 Å². The van der Waals surface area contributed by atoms with E-state index < -0.39 is 0 Å². The highest BCUT2D eigenvalue weighted by Gasteiger charge is 2.15. The molecule has 0 fully saturated rings. The lowest BCUT2D eigenvalue weighted by Crippen LogP contribution is -2.32. The van der Waals surface area contributed by atoms with Gasteiger partial charge in [-0.2, -0.15) is 0 Å². The predicted molar refractivity (Wildman–Crippen MR) is 90.3 cm³/mol. The fraction of sp³-hybridized carbons (Fsp3) is 0.632. The lowest BCUT2D eigenvalue weighted by Gasteiger charge is -2.15. The molecule has 0 heterocycles. The molecule has 1 unspecified atom stereocenters. The summed E-state index contributed by atoms with van der Waals surface area (Å²) in [6.45, 7) is 5.09. The van der Waals surface area contributed by atoms with E-state index >= 15 is 0 Å². The Morgan fingerprint density at radius 1 is 1.05 bits per heavy atom. The van der Waals surface area contributed by atoms with Crippen LogP contribution in [0.2, 0.25) is 0 Å². The number of carbonyl (C=O) groups excluding carboxylic acids is 1. The molecular formula is C19H31NO. The zero-order valence-electron chi connectivity index (χ0n) is 13.7. The van der Waals surface area contributed by atoms with Crippen LogP contribution in [0.5, 0.6) is 0 Å². The number of unbranched alkanes of at least 4 members (excludes halogenated alkanes) is 4. The number of carbonyl (C=O) groups is 1. The zero-order chi connectivity index (χ0) is 15.3. The molecule has 1 amide bonds. The van der Waals surface area contributed by atoms with Crippen molar-refractivity contribution in [3.63, 3.8) is 0 Å². The summed E-state index contributed by atoms with van der Waals surface area (Å²) in [4.78, 5) is 12.2. The molecule has 1 atom stereocenters. The Kier molecular flexibility index (Phi) is 9.60. The molecule has 0 aromatic heterocycles. The smallest absolute Gasteiger partial charge is 0.223 e. The maximum Gasteiger partial charge on any atom is 0.223 e. The van der Waals surface area contributed by atoms with Gasteiger partial charge in [0.25, 0.3) is 0 Å². The second-order valence-corrected chi connectivity index (χ2v) is 5.83. The molecule has 21 heavy (non-hydrogen) atoms. The van der Waals surface area contributed by atoms with E-state index in [0.717, 1.165) is 25.8 Å². The quantitative estimate of drug-likeness (QED) is 0.586. The first-order valence-electron chi connectivity index (χ1n) is 8.59. The number of hydrogen-bond donors (Lipinski definition) is 1. The maximum absolute atomic E-state index is 12.2. The first kappa shape index (κ1) is 17.7. The van der Waals surface area contributed by atoms with E-state index in [9.17, 15) is 4.79 Å². The third kappa shape index (κ3) is 7.89. The lowest BCUT2D eigenvalue weighted by atomic mass is 9.97. The summed E-state index contributed by atoms with van der Waals surface area (Å²) >= 11 is 0. The Balaban J connectivity index is 2.18. The third-order valence-corrected chi connectivity index (χ3v) is 4.08. The number of rotatable bonds is 11. The minimum absolute atomic E-state index is 0.197. The molecule has 0 aliphatic carbocycles. The van der Waals surface area contributed by atoms with Crippen molar-refractivity contribution in [1.82, 2.24) is 5.32 Å². The standard InChI is InChI=1S/C19H31NO/c1-3-5-6-7-11-14-18(4-2)19(21)20-16-15-17-12-9-8-10-13-17/h8-10,12-13,18H,3-7,11,14-16H2,1-2H3,(H,20,21). The minimum Gasteiger partial charge on any atom is -0.356 e. The van der Waals surface area contributed by atoms with E-state index in [4.69, 9.17) is 0 Å². The van der Waals surface area contributed by atoms with Gasteiger partial charge in [-0.05, 0) is 24.8 Å². The molecule has 1 aromatic carbocycles. The average Bonchev–Trinajstić information content (AvgIpc) is 2.52. The molecule has 0 spiro atoms. The van der Waals surface area contributed by atoms with Crippen molar-refractivity contribution >= 4 is 5.91 Å². The fourth-order valence-corrected chi connectivity index (χ4v) is 2.63. The summed E-state index contributed by atoms with van der Waals surface area (Å²) in [6.07, 6.45) is 9.26. The zero-order valence-corrected chi connectivity index (χ0v) is 13.7. The SMILES string of the molecule is CCCCCCCC(CC)C(=O)NCCc1ccccc1. The molecule has 118 valence electrons. The highest BCUT2D eigenvalue weighted by Crippen LogP contribution is 2.15. The first-order chi connectivity index (χ1) is 10.3. The highest BCUT2D eigenvalue weighted by molar-refractivity contribution is 5.78. The van der Waals surface area contributed by atoms with Crippen LogP contribution in [0.3, 0.4) is 0 Å². The molecule has 0 saturated heterocycles. The summed E-state index contributed by atoms with van der Waals surface area (Å²) < 4.78 is 0. The van der Waals surface area contributed by atoms with Gasteiger partial charge < -0.3 is 5.32 Å². The third-order valence-electron chi connectivity index (χ3n) is 4.08. The van der Waals surface area contributed by atoms with Gasteiger partial charge in [0, 0.05) is 12.5 Å². The van der Waals surface area contributed by atoms with Gasteiger partial charge in [-0.1, -0.05) is 76.3 Å². The van der Waals surface area contributed by atoms with Crippen molar-refractivity contribution in [2.75, 3.05) is 6.54 Å². The van der Waals surface area contributed by atoms with E-state index in [-0.39, 0.29) is 11.8 Å². The Labute approximate surface area is 130 Å². The molecule has 1 aromatic rings. The summed E-state index contributed by atoms with van der Waals surface area (Å²) in [5.74, 6) is 0.436. The maximum atomic E-state index is 12.2. The van der Waals surface area contributed by atoms with Gasteiger partial charge in [0.1, 0.15) is 0 Å². The second-order valence-electron chi connectivity index (χ2n) is 5.83. The molecule has 0 radical (unpaired) electrons. The fourth-order valence-electron chi connectivity index (χ4n) is 2.63. The van der Waals surface area contributed by atoms with Crippen LogP contribution in [0, 0.1) is 5.92 Å². The summed E-state index contributed by atoms with van der Waals surface area (Å²) in [7, 11) is 0. The van der Waals surface area contributed by atoms with Gasteiger partial charge in [-0.3, -0.25) is 4.79 Å². The molecule has 1 rings (SSSR count). The Morgan fingerprint density at radius 3 is 2.43 bits per heavy atom. The average molecular weight is 289 g/mol. The molecule has 0 aliphatic rings. The van der Waals surface area contributed by atoms with Gasteiger partial charge >= 0.3 is 0 Å². The number of amides is 1. The summed E-state index contributed by atoms with van der Waals surface area (Å²) in [6, 6.07) is 10.3. The monoisotopic (exact) mass is 289 g/mol. The van der Waals surface area contributed by atoms with Crippen molar-refractivity contribution in [3.8, 4) is 0 Å². The van der Waals surface area contributed by atoms with Crippen LogP contribution >= 0.6 is 0 Å². The summed E-state index contributed by atoms with van der Waals surface area (Å²) in [5, 5.41) is 3.10. The molecular weight excluding hydrogens is 258 g/mol. The normalized spacial score (nSPS) is 12.1. The van der Waals surface area contributed by atoms with Crippen molar-refractivity contribution < 1.29 is 4.79 Å². The van der Waals surface area contributed by atoms with Gasteiger partial charge in [-0.15, -0.1) is 0 Å². The van der Waals surface area contributed by atoms with Crippen LogP contribution < -0.4 is 5.32 Å². The van der Waals surface area contributed by atoms with Crippen molar-refractivity contribution in [3.05, 3.63) is 35.9 Å². The minimum atomic E-state index is 0.197. The molecule has 0 saturated carbocycles. The highest BCUT2D eigenvalue weighted by atomic mass is 16.1. The van der Waals surface area contributed by atoms with Crippen molar-refractivity contribution in [2.45, 2.75) is 65.2 Å². The van der Waals surface area contributed by atoms with E-state index in [2.05, 4.69) is 31.3 Å². The number of nitrogens with one attached hydrogen (secondary N) is 1. The molecule has 1 N–H and O–H groups in total. The number of hydrogen-bond acceptors (Lipinski definition) is 1. The largest absolute Gasteiger partial charge is 0.356 e. The van der Waals surface area contributed by atoms with Crippen LogP contribution in [0.25, 0.3) is 0 Å². The topological polar surface area (TPSA) is 29.1 Å². The van der Waals surface area contributed by atoms with Crippen molar-refractivity contribution in [1.29, 1.82) is 0 Å². The first-order valence-corrected chi connectivity index (χ1v) is 8.59. The predicted octanol–water partition coefficient (Wildman–Crippen LogP) is 4.73. The Hall–Kier alpha value is -1.31. The van der Waals surface area contributed by atoms with Crippen LogP contribution in [0.4, 0.5) is 0 Å². The van der Waals surface area contributed by atoms with E-state index in [1.807, 2.05) is 18.2 Å². The van der Waals surface area contributed by atoms with Gasteiger partial charge in [0.2, 0.25) is 5.91 Å². The van der Waals surface area contributed by atoms with Crippen LogP contribution in [-0.4, -0.2) is 12.5 Å². The van der Waals surface area contributed by atoms with E-state index in [1.165, 1.54) is 37.7 Å². The Bertz CT molecular complexity index is 374. The van der Waals surface area contributed by atoms with Crippen LogP contribution in [0.1, 0.15) is 64.4 Å². The van der Waals surface area contributed by atoms with Crippen LogP contribution in [-0.2, 0) is 11.2 Å². The lowest BCUT2D eigenvalue weighted by molar-refractivity contribution is -0.125. The summed E-state index contributed by atoms with van der Waals surface area (Å²) in [5.41, 5.74) is 1.28. The van der Waals surface area contributed by atoms with Gasteiger partial charge in [-0.25, -0.2) is 0 Å². The molecule has 0 bridgehead atoms.